The molecule has 0 atom stereocenters. The minimum atomic E-state index is -1.19. The summed E-state index contributed by atoms with van der Waals surface area (Å²) in [6.07, 6.45) is 4.00. The predicted molar refractivity (Wildman–Crippen MR) is 88.9 cm³/mol. The van der Waals surface area contributed by atoms with E-state index < -0.39 is 11.9 Å². The molecule has 120 valence electrons. The van der Waals surface area contributed by atoms with Crippen molar-refractivity contribution in [1.82, 2.24) is 10.3 Å². The molecule has 0 fully saturated rings. The number of hydrogen-bond donors (Lipinski definition) is 3. The van der Waals surface area contributed by atoms with Crippen molar-refractivity contribution in [3.63, 3.8) is 0 Å². The molecule has 3 N–H and O–H groups in total. The molecule has 0 aliphatic carbocycles. The number of amides is 1. The van der Waals surface area contributed by atoms with Gasteiger partial charge >= 0.3 is 5.97 Å². The number of hydrogen-bond acceptors (Lipinski definition) is 2. The molecule has 0 bridgehead atoms. The molecule has 1 amide bonds. The maximum absolute atomic E-state index is 12.2. The Balaban J connectivity index is 2.11. The lowest BCUT2D eigenvalue weighted by atomic mass is 10.0. The van der Waals surface area contributed by atoms with Gasteiger partial charge in [-0.25, -0.2) is 4.79 Å². The van der Waals surface area contributed by atoms with Crippen molar-refractivity contribution in [2.45, 2.75) is 20.3 Å². The number of H-pyrrole nitrogens is 1. The maximum Gasteiger partial charge on any atom is 0.352 e. The first-order chi connectivity index (χ1) is 11.0. The fraction of sp³-hybridized carbons (Fsp3) is 0.222. The Morgan fingerprint density at radius 2 is 1.91 bits per heavy atom. The molecule has 2 rings (SSSR count). The molecule has 2 aromatic rings. The zero-order valence-corrected chi connectivity index (χ0v) is 13.2. The van der Waals surface area contributed by atoms with Gasteiger partial charge in [0.15, 0.2) is 0 Å². The van der Waals surface area contributed by atoms with Gasteiger partial charge in [0.25, 0.3) is 5.91 Å². The molecule has 5 nitrogen and oxygen atoms in total. The van der Waals surface area contributed by atoms with Gasteiger partial charge in [0, 0.05) is 17.5 Å². The second kappa shape index (κ2) is 7.45. The number of carboxylic acid groups (broad SMARTS) is 1. The lowest BCUT2D eigenvalue weighted by Crippen LogP contribution is -2.27. The van der Waals surface area contributed by atoms with Crippen LogP contribution in [0.1, 0.15) is 35.5 Å². The van der Waals surface area contributed by atoms with Crippen LogP contribution in [0.4, 0.5) is 0 Å². The largest absolute Gasteiger partial charge is 0.477 e. The molecule has 1 aromatic carbocycles. The Morgan fingerprint density at radius 3 is 2.43 bits per heavy atom. The Hall–Kier alpha value is -2.82. The van der Waals surface area contributed by atoms with E-state index in [4.69, 9.17) is 0 Å². The van der Waals surface area contributed by atoms with Crippen molar-refractivity contribution in [2.24, 2.45) is 5.92 Å². The van der Waals surface area contributed by atoms with Crippen LogP contribution < -0.4 is 5.32 Å². The van der Waals surface area contributed by atoms with E-state index in [0.29, 0.717) is 17.2 Å². The molecule has 1 aromatic heterocycles. The van der Waals surface area contributed by atoms with Gasteiger partial charge < -0.3 is 15.4 Å². The van der Waals surface area contributed by atoms with Gasteiger partial charge in [0.05, 0.1) is 0 Å². The molecule has 1 heterocycles. The minimum Gasteiger partial charge on any atom is -0.477 e. The van der Waals surface area contributed by atoms with Gasteiger partial charge in [-0.2, -0.15) is 0 Å². The topological polar surface area (TPSA) is 82.2 Å². The van der Waals surface area contributed by atoms with Crippen LogP contribution in [-0.2, 0) is 11.2 Å². The second-order valence-corrected chi connectivity index (χ2v) is 5.74. The summed E-state index contributed by atoms with van der Waals surface area (Å²) in [7, 11) is 0. The fourth-order valence-corrected chi connectivity index (χ4v) is 2.20. The lowest BCUT2D eigenvalue weighted by molar-refractivity contribution is -0.132. The van der Waals surface area contributed by atoms with Gasteiger partial charge in [0.1, 0.15) is 5.70 Å². The standard InChI is InChI=1S/C18H20N2O3/c1-12(2)10-13-5-7-14(8-6-13)17(21)20-16(18(22)23)11-15-4-3-9-19-15/h3-9,11-12,19H,10H2,1-2H3,(H,20,21)(H,22,23). The smallest absolute Gasteiger partial charge is 0.352 e. The first-order valence-corrected chi connectivity index (χ1v) is 7.44. The number of carboxylic acids is 1. The summed E-state index contributed by atoms with van der Waals surface area (Å²) < 4.78 is 0. The highest BCUT2D eigenvalue weighted by Gasteiger charge is 2.13. The van der Waals surface area contributed by atoms with Crippen molar-refractivity contribution in [1.29, 1.82) is 0 Å². The third-order valence-corrected chi connectivity index (χ3v) is 3.26. The molecular formula is C18H20N2O3. The van der Waals surface area contributed by atoms with Crippen LogP contribution >= 0.6 is 0 Å². The van der Waals surface area contributed by atoms with E-state index in [1.54, 1.807) is 30.5 Å². The van der Waals surface area contributed by atoms with E-state index in [9.17, 15) is 14.7 Å². The fourth-order valence-electron chi connectivity index (χ4n) is 2.20. The maximum atomic E-state index is 12.2. The Kier molecular flexibility index (Phi) is 5.36. The molecule has 0 aliphatic heterocycles. The van der Waals surface area contributed by atoms with Crippen LogP contribution in [0.5, 0.6) is 0 Å². The number of benzene rings is 1. The Bertz CT molecular complexity index is 698. The highest BCUT2D eigenvalue weighted by Crippen LogP contribution is 2.11. The van der Waals surface area contributed by atoms with Gasteiger partial charge in [0.2, 0.25) is 0 Å². The normalized spacial score (nSPS) is 11.5. The van der Waals surface area contributed by atoms with E-state index >= 15 is 0 Å². The third-order valence-electron chi connectivity index (χ3n) is 3.26. The summed E-state index contributed by atoms with van der Waals surface area (Å²) in [5, 5.41) is 11.6. The minimum absolute atomic E-state index is 0.177. The van der Waals surface area contributed by atoms with Crippen molar-refractivity contribution in [3.05, 3.63) is 65.1 Å². The monoisotopic (exact) mass is 312 g/mol. The number of carbonyl (C=O) groups excluding carboxylic acids is 1. The number of rotatable bonds is 6. The number of nitrogens with one attached hydrogen (secondary N) is 2. The van der Waals surface area contributed by atoms with E-state index in [1.165, 1.54) is 6.08 Å². The molecule has 0 aliphatic rings. The Labute approximate surface area is 135 Å². The van der Waals surface area contributed by atoms with Crippen LogP contribution in [0.25, 0.3) is 6.08 Å². The van der Waals surface area contributed by atoms with Crippen LogP contribution in [0.3, 0.4) is 0 Å². The molecular weight excluding hydrogens is 292 g/mol. The first-order valence-electron chi connectivity index (χ1n) is 7.44. The molecule has 5 heteroatoms. The van der Waals surface area contributed by atoms with Crippen LogP contribution in [-0.4, -0.2) is 22.0 Å². The summed E-state index contributed by atoms with van der Waals surface area (Å²) >= 11 is 0. The van der Waals surface area contributed by atoms with E-state index in [-0.39, 0.29) is 5.70 Å². The SMILES string of the molecule is CC(C)Cc1ccc(C(=O)NC(=Cc2ccc[nH]2)C(=O)O)cc1. The average Bonchev–Trinajstić information content (AvgIpc) is 2.99. The molecule has 0 spiro atoms. The van der Waals surface area contributed by atoms with Crippen molar-refractivity contribution < 1.29 is 14.7 Å². The first kappa shape index (κ1) is 16.5. The molecule has 0 unspecified atom stereocenters. The van der Waals surface area contributed by atoms with Crippen molar-refractivity contribution in [3.8, 4) is 0 Å². The lowest BCUT2D eigenvalue weighted by Gasteiger charge is -2.08. The number of aromatic amines is 1. The summed E-state index contributed by atoms with van der Waals surface area (Å²) in [5.74, 6) is -1.09. The number of aliphatic carboxylic acids is 1. The zero-order valence-electron chi connectivity index (χ0n) is 13.2. The predicted octanol–water partition coefficient (Wildman–Crippen LogP) is 3.07. The second-order valence-electron chi connectivity index (χ2n) is 5.74. The summed E-state index contributed by atoms with van der Waals surface area (Å²) in [5.41, 5.74) is 2.01. The van der Waals surface area contributed by atoms with Gasteiger partial charge in [-0.05, 0) is 48.2 Å². The van der Waals surface area contributed by atoms with Crippen molar-refractivity contribution >= 4 is 18.0 Å². The van der Waals surface area contributed by atoms with Gasteiger partial charge in [-0.3, -0.25) is 4.79 Å². The summed E-state index contributed by atoms with van der Waals surface area (Å²) in [4.78, 5) is 26.3. The van der Waals surface area contributed by atoms with E-state index in [1.807, 2.05) is 12.1 Å². The molecule has 23 heavy (non-hydrogen) atoms. The molecule has 0 radical (unpaired) electrons. The zero-order chi connectivity index (χ0) is 16.8. The molecule has 0 saturated heterocycles. The number of carbonyl (C=O) groups is 2. The van der Waals surface area contributed by atoms with Crippen LogP contribution in [0.2, 0.25) is 0 Å². The number of aromatic nitrogens is 1. The third kappa shape index (κ3) is 4.85. The highest BCUT2D eigenvalue weighted by atomic mass is 16.4. The van der Waals surface area contributed by atoms with Crippen LogP contribution in [0, 0.1) is 5.92 Å². The van der Waals surface area contributed by atoms with Gasteiger partial charge in [-0.15, -0.1) is 0 Å². The Morgan fingerprint density at radius 1 is 1.22 bits per heavy atom. The van der Waals surface area contributed by atoms with Crippen LogP contribution in [0.15, 0.2) is 48.3 Å². The highest BCUT2D eigenvalue weighted by molar-refractivity contribution is 6.02. The summed E-state index contributed by atoms with van der Waals surface area (Å²) in [6.45, 7) is 4.26. The van der Waals surface area contributed by atoms with E-state index in [2.05, 4.69) is 24.1 Å². The van der Waals surface area contributed by atoms with E-state index in [0.717, 1.165) is 12.0 Å². The quantitative estimate of drug-likeness (QED) is 0.717. The summed E-state index contributed by atoms with van der Waals surface area (Å²) in [6, 6.07) is 10.7. The van der Waals surface area contributed by atoms with Gasteiger partial charge in [-0.1, -0.05) is 26.0 Å². The average molecular weight is 312 g/mol. The molecule has 0 saturated carbocycles. The van der Waals surface area contributed by atoms with Crippen molar-refractivity contribution in [2.75, 3.05) is 0 Å².